The predicted octanol–water partition coefficient (Wildman–Crippen LogP) is 2.76. The first-order chi connectivity index (χ1) is 10.5. The highest BCUT2D eigenvalue weighted by molar-refractivity contribution is 5.93. The molecular weight excluding hydrogens is 282 g/mol. The maximum absolute atomic E-state index is 12.1. The lowest BCUT2D eigenvalue weighted by Crippen LogP contribution is -2.35. The van der Waals surface area contributed by atoms with Gasteiger partial charge in [-0.15, -0.1) is 0 Å². The third kappa shape index (κ3) is 3.75. The number of ether oxygens (including phenoxy) is 1. The normalized spacial score (nSPS) is 11.8. The van der Waals surface area contributed by atoms with Crippen molar-refractivity contribution in [3.63, 3.8) is 0 Å². The van der Waals surface area contributed by atoms with E-state index in [0.717, 1.165) is 11.1 Å². The molecule has 0 radical (unpaired) electrons. The van der Waals surface area contributed by atoms with E-state index in [1.165, 1.54) is 6.26 Å². The monoisotopic (exact) mass is 301 g/mol. The van der Waals surface area contributed by atoms with Crippen LogP contribution < -0.4 is 5.32 Å². The zero-order valence-corrected chi connectivity index (χ0v) is 12.9. The summed E-state index contributed by atoms with van der Waals surface area (Å²) in [6, 6.07) is 8.91. The van der Waals surface area contributed by atoms with Crippen LogP contribution >= 0.6 is 0 Å². The molecule has 22 heavy (non-hydrogen) atoms. The molecule has 0 bridgehead atoms. The van der Waals surface area contributed by atoms with Crippen molar-refractivity contribution < 1.29 is 18.7 Å². The first-order valence-electron chi connectivity index (χ1n) is 7.06. The molecule has 0 saturated heterocycles. The van der Waals surface area contributed by atoms with Gasteiger partial charge in [0, 0.05) is 0 Å². The van der Waals surface area contributed by atoms with Crippen molar-refractivity contribution >= 4 is 11.9 Å². The zero-order valence-electron chi connectivity index (χ0n) is 12.9. The Kier molecular flexibility index (Phi) is 4.99. The number of benzene rings is 1. The Morgan fingerprint density at radius 1 is 1.23 bits per heavy atom. The van der Waals surface area contributed by atoms with E-state index in [2.05, 4.69) is 5.32 Å². The number of amides is 1. The molecule has 1 heterocycles. The third-order valence-corrected chi connectivity index (χ3v) is 3.49. The van der Waals surface area contributed by atoms with Crippen LogP contribution in [0.3, 0.4) is 0 Å². The number of rotatable bonds is 5. The van der Waals surface area contributed by atoms with Crippen LogP contribution in [0.15, 0.2) is 41.0 Å². The van der Waals surface area contributed by atoms with Crippen LogP contribution in [0.25, 0.3) is 0 Å². The van der Waals surface area contributed by atoms with Gasteiger partial charge in [0.15, 0.2) is 6.10 Å². The first kappa shape index (κ1) is 15.8. The van der Waals surface area contributed by atoms with E-state index in [1.807, 2.05) is 19.9 Å². The van der Waals surface area contributed by atoms with Crippen LogP contribution in [0.2, 0.25) is 0 Å². The highest BCUT2D eigenvalue weighted by atomic mass is 16.5. The largest absolute Gasteiger partial charge is 0.467 e. The van der Waals surface area contributed by atoms with Crippen molar-refractivity contribution in [2.75, 3.05) is 0 Å². The molecule has 0 fully saturated rings. The Morgan fingerprint density at radius 2 is 2.00 bits per heavy atom. The van der Waals surface area contributed by atoms with Crippen LogP contribution in [0.1, 0.15) is 34.2 Å². The van der Waals surface area contributed by atoms with Gasteiger partial charge in [-0.05, 0) is 50.1 Å². The van der Waals surface area contributed by atoms with E-state index >= 15 is 0 Å². The summed E-state index contributed by atoms with van der Waals surface area (Å²) in [6.45, 7) is 5.58. The van der Waals surface area contributed by atoms with Gasteiger partial charge in [-0.25, -0.2) is 4.79 Å². The summed E-state index contributed by atoms with van der Waals surface area (Å²) >= 11 is 0. The molecule has 1 amide bonds. The molecule has 5 nitrogen and oxygen atoms in total. The fourth-order valence-electron chi connectivity index (χ4n) is 1.98. The number of carbonyl (C=O) groups excluding carboxylic acids is 2. The average Bonchev–Trinajstić information content (AvgIpc) is 3.00. The Labute approximate surface area is 129 Å². The molecule has 5 heteroatoms. The fourth-order valence-corrected chi connectivity index (χ4v) is 1.98. The van der Waals surface area contributed by atoms with Gasteiger partial charge in [0.2, 0.25) is 0 Å². The second-order valence-electron chi connectivity index (χ2n) is 5.09. The zero-order chi connectivity index (χ0) is 16.1. The first-order valence-corrected chi connectivity index (χ1v) is 7.06. The summed E-state index contributed by atoms with van der Waals surface area (Å²) < 4.78 is 10.3. The summed E-state index contributed by atoms with van der Waals surface area (Å²) in [5.41, 5.74) is 2.34. The lowest BCUT2D eigenvalue weighted by atomic mass is 10.0. The van der Waals surface area contributed by atoms with E-state index in [1.54, 1.807) is 31.2 Å². The van der Waals surface area contributed by atoms with Crippen LogP contribution in [0, 0.1) is 13.8 Å². The lowest BCUT2D eigenvalue weighted by molar-refractivity contribution is -0.129. The van der Waals surface area contributed by atoms with Gasteiger partial charge in [-0.3, -0.25) is 4.79 Å². The van der Waals surface area contributed by atoms with Crippen molar-refractivity contribution in [3.05, 3.63) is 59.0 Å². The lowest BCUT2D eigenvalue weighted by Gasteiger charge is -2.14. The Balaban J connectivity index is 1.93. The van der Waals surface area contributed by atoms with E-state index < -0.39 is 12.1 Å². The Morgan fingerprint density at radius 3 is 2.68 bits per heavy atom. The number of carbonyl (C=O) groups is 2. The van der Waals surface area contributed by atoms with E-state index in [9.17, 15) is 9.59 Å². The molecule has 0 spiro atoms. The maximum Gasteiger partial charge on any atom is 0.339 e. The van der Waals surface area contributed by atoms with Gasteiger partial charge in [0.1, 0.15) is 5.76 Å². The molecule has 116 valence electrons. The van der Waals surface area contributed by atoms with Crippen LogP contribution in [0.4, 0.5) is 0 Å². The predicted molar refractivity (Wildman–Crippen MR) is 81.3 cm³/mol. The number of esters is 1. The molecule has 0 aliphatic carbocycles. The SMILES string of the molecule is Cc1cccc(C(=O)O[C@@H](C)C(=O)NCc2ccco2)c1C. The van der Waals surface area contributed by atoms with Gasteiger partial charge >= 0.3 is 5.97 Å². The molecule has 1 N–H and O–H groups in total. The average molecular weight is 301 g/mol. The summed E-state index contributed by atoms with van der Waals surface area (Å²) in [4.78, 5) is 24.1. The van der Waals surface area contributed by atoms with E-state index in [-0.39, 0.29) is 12.5 Å². The second-order valence-corrected chi connectivity index (χ2v) is 5.09. The Bertz CT molecular complexity index is 661. The second kappa shape index (κ2) is 6.93. The molecule has 1 aromatic carbocycles. The summed E-state index contributed by atoms with van der Waals surface area (Å²) in [6.07, 6.45) is 0.660. The topological polar surface area (TPSA) is 68.5 Å². The van der Waals surface area contributed by atoms with Crippen LogP contribution in [-0.2, 0) is 16.1 Å². The van der Waals surface area contributed by atoms with Gasteiger partial charge in [-0.1, -0.05) is 12.1 Å². The molecule has 1 atom stereocenters. The number of nitrogens with one attached hydrogen (secondary N) is 1. The van der Waals surface area contributed by atoms with Gasteiger partial charge in [0.25, 0.3) is 5.91 Å². The minimum atomic E-state index is -0.873. The van der Waals surface area contributed by atoms with E-state index in [4.69, 9.17) is 9.15 Å². The third-order valence-electron chi connectivity index (χ3n) is 3.49. The number of furan rings is 1. The molecule has 2 rings (SSSR count). The van der Waals surface area contributed by atoms with Crippen molar-refractivity contribution in [2.24, 2.45) is 0 Å². The number of hydrogen-bond acceptors (Lipinski definition) is 4. The highest BCUT2D eigenvalue weighted by Crippen LogP contribution is 2.14. The molecule has 0 aliphatic rings. The summed E-state index contributed by atoms with van der Waals surface area (Å²) in [5.74, 6) is -0.224. The molecule has 2 aromatic rings. The molecule has 0 saturated carbocycles. The summed E-state index contributed by atoms with van der Waals surface area (Å²) in [7, 11) is 0. The van der Waals surface area contributed by atoms with Crippen molar-refractivity contribution in [3.8, 4) is 0 Å². The van der Waals surface area contributed by atoms with Crippen molar-refractivity contribution in [2.45, 2.75) is 33.4 Å². The maximum atomic E-state index is 12.1. The van der Waals surface area contributed by atoms with Crippen molar-refractivity contribution in [1.82, 2.24) is 5.32 Å². The smallest absolute Gasteiger partial charge is 0.339 e. The van der Waals surface area contributed by atoms with Crippen LogP contribution in [-0.4, -0.2) is 18.0 Å². The summed E-state index contributed by atoms with van der Waals surface area (Å²) in [5, 5.41) is 2.66. The van der Waals surface area contributed by atoms with Gasteiger partial charge < -0.3 is 14.5 Å². The Hall–Kier alpha value is -2.56. The van der Waals surface area contributed by atoms with Crippen molar-refractivity contribution in [1.29, 1.82) is 0 Å². The minimum absolute atomic E-state index is 0.261. The minimum Gasteiger partial charge on any atom is -0.467 e. The highest BCUT2D eigenvalue weighted by Gasteiger charge is 2.20. The van der Waals surface area contributed by atoms with E-state index in [0.29, 0.717) is 11.3 Å². The molecule has 0 unspecified atom stereocenters. The van der Waals surface area contributed by atoms with Crippen LogP contribution in [0.5, 0.6) is 0 Å². The quantitative estimate of drug-likeness (QED) is 0.862. The molecule has 0 aliphatic heterocycles. The molecular formula is C17H19NO4. The van der Waals surface area contributed by atoms with Gasteiger partial charge in [-0.2, -0.15) is 0 Å². The number of aryl methyl sites for hydroxylation is 1. The standard InChI is InChI=1S/C17H19NO4/c1-11-6-4-8-15(12(11)2)17(20)22-13(3)16(19)18-10-14-7-5-9-21-14/h4-9,13H,10H2,1-3H3,(H,18,19)/t13-/m0/s1. The molecule has 1 aromatic heterocycles. The fraction of sp³-hybridized carbons (Fsp3) is 0.294. The van der Waals surface area contributed by atoms with Gasteiger partial charge in [0.05, 0.1) is 18.4 Å². The number of hydrogen-bond donors (Lipinski definition) is 1.